The molecule has 2 aromatic rings. The molecule has 1 aliphatic heterocycles. The highest BCUT2D eigenvalue weighted by Crippen LogP contribution is 2.35. The van der Waals surface area contributed by atoms with Crippen molar-refractivity contribution in [1.82, 2.24) is 5.32 Å². The zero-order valence-electron chi connectivity index (χ0n) is 15.7. The Hall–Kier alpha value is -3.50. The van der Waals surface area contributed by atoms with Gasteiger partial charge >= 0.3 is 6.18 Å². The fraction of sp³-hybridized carbons (Fsp3) is 0.316. The van der Waals surface area contributed by atoms with Crippen LogP contribution in [0.4, 0.5) is 24.5 Å². The van der Waals surface area contributed by atoms with Crippen LogP contribution < -0.4 is 20.1 Å². The normalized spacial score (nSPS) is 16.5. The summed E-state index contributed by atoms with van der Waals surface area (Å²) in [6, 6.07) is 8.20. The second kappa shape index (κ2) is 8.47. The summed E-state index contributed by atoms with van der Waals surface area (Å²) in [5, 5.41) is 16.4. The van der Waals surface area contributed by atoms with Crippen LogP contribution in [-0.4, -0.2) is 36.1 Å². The second-order valence-corrected chi connectivity index (χ2v) is 6.60. The van der Waals surface area contributed by atoms with Crippen molar-refractivity contribution in [2.24, 2.45) is 0 Å². The Kier molecular flexibility index (Phi) is 5.99. The highest BCUT2D eigenvalue weighted by molar-refractivity contribution is 5.85. The highest BCUT2D eigenvalue weighted by atomic mass is 19.4. The zero-order valence-corrected chi connectivity index (χ0v) is 15.7. The van der Waals surface area contributed by atoms with Crippen LogP contribution in [0.5, 0.6) is 11.5 Å². The van der Waals surface area contributed by atoms with E-state index in [1.54, 1.807) is 24.3 Å². The number of rotatable bonds is 6. The van der Waals surface area contributed by atoms with E-state index < -0.39 is 40.4 Å². The quantitative estimate of drug-likeness (QED) is 0.544. The minimum Gasteiger partial charge on any atom is -0.486 e. The molecule has 1 unspecified atom stereocenters. The maximum absolute atomic E-state index is 12.8. The summed E-state index contributed by atoms with van der Waals surface area (Å²) >= 11 is 0. The molecule has 0 spiro atoms. The van der Waals surface area contributed by atoms with Gasteiger partial charge in [-0.2, -0.15) is 13.2 Å². The highest BCUT2D eigenvalue weighted by Gasteiger charge is 2.33. The van der Waals surface area contributed by atoms with Crippen LogP contribution in [0.15, 0.2) is 42.5 Å². The molecule has 0 saturated heterocycles. The van der Waals surface area contributed by atoms with Gasteiger partial charge in [0.1, 0.15) is 24.4 Å². The summed E-state index contributed by atoms with van der Waals surface area (Å²) in [6.07, 6.45) is -5.15. The van der Waals surface area contributed by atoms with E-state index in [9.17, 15) is 28.1 Å². The van der Waals surface area contributed by atoms with E-state index in [0.717, 1.165) is 6.07 Å². The molecule has 8 nitrogen and oxygen atoms in total. The third kappa shape index (κ3) is 4.91. The lowest BCUT2D eigenvalue weighted by atomic mass is 10.1. The SMILES string of the molecule is C[C@@H](Nc1ccc(C(F)(F)F)cc1[N+](=O)[O-])C(=O)NCC1COc2ccccc2O1. The number of halogens is 3. The number of carbonyl (C=O) groups is 1. The van der Waals surface area contributed by atoms with Crippen molar-refractivity contribution in [2.45, 2.75) is 25.2 Å². The van der Waals surface area contributed by atoms with E-state index in [2.05, 4.69) is 10.6 Å². The summed E-state index contributed by atoms with van der Waals surface area (Å²) in [7, 11) is 0. The molecule has 0 radical (unpaired) electrons. The van der Waals surface area contributed by atoms with Gasteiger partial charge in [-0.3, -0.25) is 14.9 Å². The second-order valence-electron chi connectivity index (χ2n) is 6.60. The first-order chi connectivity index (χ1) is 14.1. The van der Waals surface area contributed by atoms with Crippen molar-refractivity contribution in [3.63, 3.8) is 0 Å². The maximum atomic E-state index is 12.8. The average Bonchev–Trinajstić information content (AvgIpc) is 2.71. The van der Waals surface area contributed by atoms with Crippen molar-refractivity contribution in [3.8, 4) is 11.5 Å². The van der Waals surface area contributed by atoms with Gasteiger partial charge in [0.15, 0.2) is 11.5 Å². The standard InChI is InChI=1S/C19H18F3N3O5/c1-11(24-14-7-6-12(19(20,21)22)8-15(14)25(27)28)18(26)23-9-13-10-29-16-4-2-3-5-17(16)30-13/h2-8,11,13,24H,9-10H2,1H3,(H,23,26)/t11-,13?/m1/s1. The van der Waals surface area contributed by atoms with Crippen molar-refractivity contribution >= 4 is 17.3 Å². The number of benzene rings is 2. The van der Waals surface area contributed by atoms with E-state index in [1.165, 1.54) is 6.92 Å². The number of hydrogen-bond donors (Lipinski definition) is 2. The van der Waals surface area contributed by atoms with Gasteiger partial charge in [0.2, 0.25) is 5.91 Å². The minimum absolute atomic E-state index is 0.119. The Morgan fingerprint density at radius 1 is 1.27 bits per heavy atom. The molecular formula is C19H18F3N3O5. The Balaban J connectivity index is 1.60. The predicted molar refractivity (Wildman–Crippen MR) is 101 cm³/mol. The molecule has 2 atom stereocenters. The number of para-hydroxylation sites is 2. The lowest BCUT2D eigenvalue weighted by molar-refractivity contribution is -0.384. The van der Waals surface area contributed by atoms with E-state index in [0.29, 0.717) is 23.6 Å². The smallest absolute Gasteiger partial charge is 0.416 e. The summed E-state index contributed by atoms with van der Waals surface area (Å²) in [6.45, 7) is 1.78. The van der Waals surface area contributed by atoms with E-state index in [-0.39, 0.29) is 18.8 Å². The first-order valence-electron chi connectivity index (χ1n) is 8.93. The Morgan fingerprint density at radius 3 is 2.63 bits per heavy atom. The third-order valence-electron chi connectivity index (χ3n) is 4.36. The van der Waals surface area contributed by atoms with E-state index >= 15 is 0 Å². The first kappa shape index (κ1) is 21.2. The van der Waals surface area contributed by atoms with Gasteiger partial charge in [-0.25, -0.2) is 0 Å². The minimum atomic E-state index is -4.72. The molecule has 30 heavy (non-hydrogen) atoms. The predicted octanol–water partition coefficient (Wildman–Crippen LogP) is 3.37. The topological polar surface area (TPSA) is 103 Å². The van der Waals surface area contributed by atoms with Crippen molar-refractivity contribution in [3.05, 3.63) is 58.1 Å². The van der Waals surface area contributed by atoms with Crippen molar-refractivity contribution in [1.29, 1.82) is 0 Å². The number of carbonyl (C=O) groups excluding carboxylic acids is 1. The number of nitro groups is 1. The van der Waals surface area contributed by atoms with Crippen LogP contribution in [0, 0.1) is 10.1 Å². The average molecular weight is 425 g/mol. The molecule has 2 aromatic carbocycles. The number of amides is 1. The third-order valence-corrected chi connectivity index (χ3v) is 4.36. The molecule has 0 saturated carbocycles. The Labute approximate surface area is 169 Å². The number of fused-ring (bicyclic) bond motifs is 1. The molecule has 0 fully saturated rings. The number of hydrogen-bond acceptors (Lipinski definition) is 6. The molecule has 1 amide bonds. The molecular weight excluding hydrogens is 407 g/mol. The summed E-state index contributed by atoms with van der Waals surface area (Å²) in [5.41, 5.74) is -2.11. The fourth-order valence-corrected chi connectivity index (χ4v) is 2.81. The van der Waals surface area contributed by atoms with Crippen LogP contribution in [0.2, 0.25) is 0 Å². The van der Waals surface area contributed by atoms with Crippen LogP contribution >= 0.6 is 0 Å². The summed E-state index contributed by atoms with van der Waals surface area (Å²) in [4.78, 5) is 22.5. The lowest BCUT2D eigenvalue weighted by Crippen LogP contribution is -2.45. The molecule has 0 aliphatic carbocycles. The molecule has 2 N–H and O–H groups in total. The van der Waals surface area contributed by atoms with Crippen LogP contribution in [0.25, 0.3) is 0 Å². The number of nitrogens with one attached hydrogen (secondary N) is 2. The fourth-order valence-electron chi connectivity index (χ4n) is 2.81. The van der Waals surface area contributed by atoms with Gasteiger partial charge in [-0.15, -0.1) is 0 Å². The van der Waals surface area contributed by atoms with Gasteiger partial charge in [-0.1, -0.05) is 12.1 Å². The van der Waals surface area contributed by atoms with Gasteiger partial charge in [0.05, 0.1) is 17.0 Å². The Morgan fingerprint density at radius 2 is 1.97 bits per heavy atom. The summed E-state index contributed by atoms with van der Waals surface area (Å²) < 4.78 is 49.6. The first-order valence-corrected chi connectivity index (χ1v) is 8.93. The molecule has 11 heteroatoms. The number of ether oxygens (including phenoxy) is 2. The largest absolute Gasteiger partial charge is 0.486 e. The molecule has 3 rings (SSSR count). The molecule has 1 heterocycles. The van der Waals surface area contributed by atoms with Crippen LogP contribution in [0.3, 0.4) is 0 Å². The summed E-state index contributed by atoms with van der Waals surface area (Å²) in [5.74, 6) is 0.644. The molecule has 160 valence electrons. The van der Waals surface area contributed by atoms with E-state index in [4.69, 9.17) is 9.47 Å². The number of alkyl halides is 3. The molecule has 0 aromatic heterocycles. The molecule has 1 aliphatic rings. The van der Waals surface area contributed by atoms with Gasteiger partial charge in [0.25, 0.3) is 5.69 Å². The van der Waals surface area contributed by atoms with Crippen LogP contribution in [0.1, 0.15) is 12.5 Å². The maximum Gasteiger partial charge on any atom is 0.416 e. The van der Waals surface area contributed by atoms with E-state index in [1.807, 2.05) is 0 Å². The number of anilines is 1. The molecule has 0 bridgehead atoms. The Bertz CT molecular complexity index is 951. The lowest BCUT2D eigenvalue weighted by Gasteiger charge is -2.27. The van der Waals surface area contributed by atoms with Gasteiger partial charge in [-0.05, 0) is 31.2 Å². The van der Waals surface area contributed by atoms with Crippen molar-refractivity contribution in [2.75, 3.05) is 18.5 Å². The van der Waals surface area contributed by atoms with Gasteiger partial charge < -0.3 is 20.1 Å². The van der Waals surface area contributed by atoms with Gasteiger partial charge in [0, 0.05) is 6.07 Å². The number of nitro benzene ring substituents is 1. The van der Waals surface area contributed by atoms with Crippen molar-refractivity contribution < 1.29 is 32.4 Å². The monoisotopic (exact) mass is 425 g/mol. The number of nitrogens with zero attached hydrogens (tertiary/aromatic N) is 1. The zero-order chi connectivity index (χ0) is 21.9. The van der Waals surface area contributed by atoms with Crippen LogP contribution in [-0.2, 0) is 11.0 Å².